The molecule has 0 aliphatic carbocycles. The van der Waals surface area contributed by atoms with Crippen LogP contribution >= 0.6 is 0 Å². The van der Waals surface area contributed by atoms with Gasteiger partial charge in [-0.2, -0.15) is 10.2 Å². The molecule has 6 heteroatoms. The molecular weight excluding hydrogens is 278 g/mol. The maximum atomic E-state index is 8.93. The monoisotopic (exact) mass is 297 g/mol. The third-order valence-electron chi connectivity index (χ3n) is 2.93. The molecule has 0 fully saturated rings. The summed E-state index contributed by atoms with van der Waals surface area (Å²) in [4.78, 5) is 8.78. The third-order valence-corrected chi connectivity index (χ3v) is 2.93. The van der Waals surface area contributed by atoms with Crippen molar-refractivity contribution in [2.75, 3.05) is 30.9 Å². The number of nitriles is 1. The highest BCUT2D eigenvalue weighted by molar-refractivity contribution is 5.57. The van der Waals surface area contributed by atoms with Gasteiger partial charge in [-0.25, -0.2) is 4.98 Å². The highest BCUT2D eigenvalue weighted by atomic mass is 16.5. The average molecular weight is 297 g/mol. The molecule has 0 atom stereocenters. The lowest BCUT2D eigenvalue weighted by molar-refractivity contribution is 0.198. The number of nitrogens with one attached hydrogen (secondary N) is 2. The third kappa shape index (κ3) is 4.72. The van der Waals surface area contributed by atoms with Crippen LogP contribution < -0.4 is 10.6 Å². The summed E-state index contributed by atoms with van der Waals surface area (Å²) in [7, 11) is 1.69. The van der Waals surface area contributed by atoms with Crippen molar-refractivity contribution in [2.24, 2.45) is 0 Å². The van der Waals surface area contributed by atoms with Gasteiger partial charge < -0.3 is 15.4 Å². The van der Waals surface area contributed by atoms with Gasteiger partial charge in [0.15, 0.2) is 0 Å². The van der Waals surface area contributed by atoms with E-state index in [1.807, 2.05) is 25.1 Å². The summed E-state index contributed by atoms with van der Waals surface area (Å²) in [5.74, 6) is 1.27. The van der Waals surface area contributed by atoms with E-state index in [1.54, 1.807) is 19.2 Å². The molecule has 2 N–H and O–H groups in total. The van der Waals surface area contributed by atoms with Crippen LogP contribution in [-0.2, 0) is 4.74 Å². The quantitative estimate of drug-likeness (QED) is 0.765. The van der Waals surface area contributed by atoms with Gasteiger partial charge in [0.1, 0.15) is 5.82 Å². The minimum atomic E-state index is 0.504. The van der Waals surface area contributed by atoms with E-state index in [4.69, 9.17) is 10.00 Å². The summed E-state index contributed by atoms with van der Waals surface area (Å²) < 4.78 is 5.02. The Hall–Kier alpha value is -2.65. The van der Waals surface area contributed by atoms with E-state index in [2.05, 4.69) is 26.7 Å². The molecule has 1 aromatic carbocycles. The van der Waals surface area contributed by atoms with E-state index in [1.165, 1.54) is 0 Å². The normalized spacial score (nSPS) is 10.0. The van der Waals surface area contributed by atoms with Gasteiger partial charge in [0, 0.05) is 37.7 Å². The Morgan fingerprint density at radius 1 is 1.27 bits per heavy atom. The van der Waals surface area contributed by atoms with Gasteiger partial charge in [-0.05, 0) is 31.5 Å². The molecular formula is C16H19N5O. The zero-order valence-corrected chi connectivity index (χ0v) is 12.8. The molecule has 0 saturated heterocycles. The second kappa shape index (κ2) is 7.96. The summed E-state index contributed by atoms with van der Waals surface area (Å²) in [6.45, 7) is 3.41. The Morgan fingerprint density at radius 3 is 2.91 bits per heavy atom. The maximum Gasteiger partial charge on any atom is 0.229 e. The topological polar surface area (TPSA) is 82.9 Å². The number of nitrogens with zero attached hydrogens (tertiary/aromatic N) is 3. The largest absolute Gasteiger partial charge is 0.385 e. The first-order valence-electron chi connectivity index (χ1n) is 7.07. The van der Waals surface area contributed by atoms with Crippen molar-refractivity contribution in [1.82, 2.24) is 9.97 Å². The Labute approximate surface area is 130 Å². The molecule has 6 nitrogen and oxygen atoms in total. The fourth-order valence-electron chi connectivity index (χ4n) is 1.94. The van der Waals surface area contributed by atoms with Crippen molar-refractivity contribution in [3.63, 3.8) is 0 Å². The standard InChI is InChI=1S/C16H19N5O/c1-12-9-15(18-7-4-8-22-2)21-16(19-12)20-14-6-3-5-13(10-14)11-17/h3,5-6,9-10H,4,7-8H2,1-2H3,(H2,18,19,20,21). The van der Waals surface area contributed by atoms with Gasteiger partial charge in [0.25, 0.3) is 0 Å². The van der Waals surface area contributed by atoms with E-state index in [9.17, 15) is 0 Å². The minimum absolute atomic E-state index is 0.504. The number of aromatic nitrogens is 2. The fraction of sp³-hybridized carbons (Fsp3) is 0.312. The van der Waals surface area contributed by atoms with Gasteiger partial charge >= 0.3 is 0 Å². The van der Waals surface area contributed by atoms with E-state index in [-0.39, 0.29) is 0 Å². The van der Waals surface area contributed by atoms with Gasteiger partial charge in [-0.15, -0.1) is 0 Å². The molecule has 1 heterocycles. The summed E-state index contributed by atoms with van der Waals surface area (Å²) in [6.07, 6.45) is 0.909. The molecule has 0 unspecified atom stereocenters. The van der Waals surface area contributed by atoms with E-state index < -0.39 is 0 Å². The van der Waals surface area contributed by atoms with Crippen molar-refractivity contribution < 1.29 is 4.74 Å². The average Bonchev–Trinajstić information content (AvgIpc) is 2.51. The smallest absolute Gasteiger partial charge is 0.229 e. The van der Waals surface area contributed by atoms with Crippen molar-refractivity contribution in [3.05, 3.63) is 41.6 Å². The van der Waals surface area contributed by atoms with Crippen LogP contribution in [0.15, 0.2) is 30.3 Å². The maximum absolute atomic E-state index is 8.93. The Bertz CT molecular complexity index is 666. The first kappa shape index (κ1) is 15.7. The highest BCUT2D eigenvalue weighted by Crippen LogP contribution is 2.16. The zero-order valence-electron chi connectivity index (χ0n) is 12.8. The second-order valence-corrected chi connectivity index (χ2v) is 4.81. The van der Waals surface area contributed by atoms with Gasteiger partial charge in [0.05, 0.1) is 11.6 Å². The second-order valence-electron chi connectivity index (χ2n) is 4.81. The lowest BCUT2D eigenvalue weighted by atomic mass is 10.2. The Balaban J connectivity index is 2.07. The van der Waals surface area contributed by atoms with Crippen molar-refractivity contribution in [1.29, 1.82) is 5.26 Å². The number of hydrogen-bond donors (Lipinski definition) is 2. The van der Waals surface area contributed by atoms with Gasteiger partial charge in [-0.3, -0.25) is 0 Å². The molecule has 1 aromatic heterocycles. The van der Waals surface area contributed by atoms with Crippen LogP contribution in [0.5, 0.6) is 0 Å². The van der Waals surface area contributed by atoms with E-state index >= 15 is 0 Å². The molecule has 0 aliphatic heterocycles. The van der Waals surface area contributed by atoms with Crippen LogP contribution in [0.25, 0.3) is 0 Å². The van der Waals surface area contributed by atoms with Crippen molar-refractivity contribution in [2.45, 2.75) is 13.3 Å². The van der Waals surface area contributed by atoms with Crippen LogP contribution in [0.2, 0.25) is 0 Å². The number of benzene rings is 1. The van der Waals surface area contributed by atoms with Crippen molar-refractivity contribution in [3.8, 4) is 6.07 Å². The molecule has 0 amide bonds. The number of rotatable bonds is 7. The minimum Gasteiger partial charge on any atom is -0.385 e. The van der Waals surface area contributed by atoms with Crippen LogP contribution in [-0.4, -0.2) is 30.2 Å². The molecule has 22 heavy (non-hydrogen) atoms. The summed E-state index contributed by atoms with van der Waals surface area (Å²) in [5, 5.41) is 15.3. The van der Waals surface area contributed by atoms with E-state index in [0.717, 1.165) is 30.2 Å². The van der Waals surface area contributed by atoms with Crippen LogP contribution in [0.1, 0.15) is 17.7 Å². The Morgan fingerprint density at radius 2 is 2.14 bits per heavy atom. The first-order valence-corrected chi connectivity index (χ1v) is 7.07. The van der Waals surface area contributed by atoms with E-state index in [0.29, 0.717) is 18.1 Å². The molecule has 0 saturated carbocycles. The molecule has 0 bridgehead atoms. The fourth-order valence-corrected chi connectivity index (χ4v) is 1.94. The van der Waals surface area contributed by atoms with Gasteiger partial charge in [0.2, 0.25) is 5.95 Å². The number of aryl methyl sites for hydroxylation is 1. The predicted octanol–water partition coefficient (Wildman–Crippen LogP) is 2.85. The molecule has 2 aromatic rings. The van der Waals surface area contributed by atoms with Crippen LogP contribution in [0, 0.1) is 18.3 Å². The lowest BCUT2D eigenvalue weighted by Crippen LogP contribution is -2.08. The first-order chi connectivity index (χ1) is 10.7. The highest BCUT2D eigenvalue weighted by Gasteiger charge is 2.03. The lowest BCUT2D eigenvalue weighted by Gasteiger charge is -2.10. The SMILES string of the molecule is COCCCNc1cc(C)nc(Nc2cccc(C#N)c2)n1. The van der Waals surface area contributed by atoms with Gasteiger partial charge in [-0.1, -0.05) is 6.07 Å². The summed E-state index contributed by atoms with van der Waals surface area (Å²) >= 11 is 0. The molecule has 0 aliphatic rings. The van der Waals surface area contributed by atoms with Crippen molar-refractivity contribution >= 4 is 17.5 Å². The number of methoxy groups -OCH3 is 1. The number of hydrogen-bond acceptors (Lipinski definition) is 6. The molecule has 0 radical (unpaired) electrons. The van der Waals surface area contributed by atoms with Crippen LogP contribution in [0.3, 0.4) is 0 Å². The number of anilines is 3. The molecule has 2 rings (SSSR count). The summed E-state index contributed by atoms with van der Waals surface area (Å²) in [5.41, 5.74) is 2.24. The number of ether oxygens (including phenoxy) is 1. The molecule has 114 valence electrons. The molecule has 0 spiro atoms. The van der Waals surface area contributed by atoms with Crippen LogP contribution in [0.4, 0.5) is 17.5 Å². The summed E-state index contributed by atoms with van der Waals surface area (Å²) in [6, 6.07) is 11.2. The zero-order chi connectivity index (χ0) is 15.8. The predicted molar refractivity (Wildman–Crippen MR) is 86.2 cm³/mol. The Kier molecular flexibility index (Phi) is 5.69.